The van der Waals surface area contributed by atoms with Crippen molar-refractivity contribution in [1.82, 2.24) is 10.6 Å². The van der Waals surface area contributed by atoms with E-state index in [0.29, 0.717) is 25.0 Å². The van der Waals surface area contributed by atoms with Crippen LogP contribution in [-0.4, -0.2) is 38.8 Å². The highest BCUT2D eigenvalue weighted by molar-refractivity contribution is 5.77. The van der Waals surface area contributed by atoms with Crippen molar-refractivity contribution in [3.8, 4) is 0 Å². The Bertz CT molecular complexity index is 194. The van der Waals surface area contributed by atoms with Gasteiger partial charge in [0.05, 0.1) is 13.2 Å². The number of nitrogens with one attached hydrogen (secondary N) is 2. The van der Waals surface area contributed by atoms with Crippen molar-refractivity contribution in [1.29, 1.82) is 0 Å². The topological polar surface area (TPSA) is 50.4 Å². The van der Waals surface area contributed by atoms with Gasteiger partial charge in [-0.3, -0.25) is 4.79 Å². The Morgan fingerprint density at radius 1 is 1.12 bits per heavy atom. The van der Waals surface area contributed by atoms with Crippen LogP contribution in [-0.2, 0) is 9.53 Å². The summed E-state index contributed by atoms with van der Waals surface area (Å²) < 4.78 is 5.43. The van der Waals surface area contributed by atoms with Crippen LogP contribution in [0, 0.1) is 11.8 Å². The number of hydrogen-bond donors (Lipinski definition) is 2. The average molecular weight is 244 g/mol. The molecule has 1 amide bonds. The zero-order valence-electron chi connectivity index (χ0n) is 11.7. The van der Waals surface area contributed by atoms with Gasteiger partial charge < -0.3 is 15.4 Å². The van der Waals surface area contributed by atoms with Gasteiger partial charge >= 0.3 is 0 Å². The van der Waals surface area contributed by atoms with Gasteiger partial charge in [0, 0.05) is 19.7 Å². The fourth-order valence-electron chi connectivity index (χ4n) is 1.15. The highest BCUT2D eigenvalue weighted by Gasteiger charge is 2.01. The van der Waals surface area contributed by atoms with Crippen LogP contribution in [0.4, 0.5) is 0 Å². The maximum Gasteiger partial charge on any atom is 0.233 e. The summed E-state index contributed by atoms with van der Waals surface area (Å²) in [6.45, 7) is 11.8. The monoisotopic (exact) mass is 244 g/mol. The quantitative estimate of drug-likeness (QED) is 0.571. The molecule has 4 nitrogen and oxygen atoms in total. The van der Waals surface area contributed by atoms with Crippen LogP contribution in [0.5, 0.6) is 0 Å². The summed E-state index contributed by atoms with van der Waals surface area (Å²) in [5.41, 5.74) is 0. The molecule has 4 heteroatoms. The molecule has 0 aromatic rings. The van der Waals surface area contributed by atoms with E-state index in [2.05, 4.69) is 38.3 Å². The summed E-state index contributed by atoms with van der Waals surface area (Å²) in [5.74, 6) is 1.24. The van der Waals surface area contributed by atoms with Crippen molar-refractivity contribution < 1.29 is 9.53 Å². The molecule has 0 spiro atoms. The van der Waals surface area contributed by atoms with Gasteiger partial charge in [-0.25, -0.2) is 0 Å². The van der Waals surface area contributed by atoms with Gasteiger partial charge in [-0.15, -0.1) is 0 Å². The molecule has 0 unspecified atom stereocenters. The van der Waals surface area contributed by atoms with E-state index in [1.807, 2.05) is 0 Å². The highest BCUT2D eigenvalue weighted by Crippen LogP contribution is 1.98. The van der Waals surface area contributed by atoms with E-state index in [1.54, 1.807) is 0 Å². The maximum absolute atomic E-state index is 11.3. The lowest BCUT2D eigenvalue weighted by atomic mass is 10.1. The first-order valence-corrected chi connectivity index (χ1v) is 6.57. The van der Waals surface area contributed by atoms with Gasteiger partial charge in [0.1, 0.15) is 0 Å². The van der Waals surface area contributed by atoms with Crippen molar-refractivity contribution in [2.45, 2.75) is 34.1 Å². The molecule has 0 rings (SSSR count). The fraction of sp³-hybridized carbons (Fsp3) is 0.923. The lowest BCUT2D eigenvalue weighted by molar-refractivity contribution is -0.120. The lowest BCUT2D eigenvalue weighted by Crippen LogP contribution is -2.36. The molecule has 0 fully saturated rings. The van der Waals surface area contributed by atoms with Gasteiger partial charge in [0.15, 0.2) is 0 Å². The Balaban J connectivity index is 3.19. The minimum Gasteiger partial charge on any atom is -0.380 e. The van der Waals surface area contributed by atoms with Crippen LogP contribution in [0.1, 0.15) is 34.1 Å². The first kappa shape index (κ1) is 16.4. The maximum atomic E-state index is 11.3. The number of carbonyl (C=O) groups excluding carboxylic acids is 1. The van der Waals surface area contributed by atoms with Gasteiger partial charge in [-0.2, -0.15) is 0 Å². The molecule has 0 radical (unpaired) electrons. The van der Waals surface area contributed by atoms with E-state index in [9.17, 15) is 4.79 Å². The van der Waals surface area contributed by atoms with Crippen LogP contribution in [0.15, 0.2) is 0 Å². The zero-order chi connectivity index (χ0) is 13.1. The van der Waals surface area contributed by atoms with Crippen molar-refractivity contribution in [2.75, 3.05) is 32.8 Å². The Kier molecular flexibility index (Phi) is 10.2. The molecule has 0 aromatic heterocycles. The normalized spacial score (nSPS) is 11.2. The molecular weight excluding hydrogens is 216 g/mol. The molecule has 0 aliphatic heterocycles. The summed E-state index contributed by atoms with van der Waals surface area (Å²) in [6, 6.07) is 0. The summed E-state index contributed by atoms with van der Waals surface area (Å²) in [6.07, 6.45) is 1.09. The predicted molar refractivity (Wildman–Crippen MR) is 71.0 cm³/mol. The van der Waals surface area contributed by atoms with E-state index in [-0.39, 0.29) is 5.91 Å². The van der Waals surface area contributed by atoms with Crippen LogP contribution in [0.3, 0.4) is 0 Å². The molecular formula is C13H28N2O2. The molecule has 2 N–H and O–H groups in total. The van der Waals surface area contributed by atoms with Crippen molar-refractivity contribution >= 4 is 5.91 Å². The molecule has 0 aliphatic rings. The third-order valence-corrected chi connectivity index (χ3v) is 2.26. The van der Waals surface area contributed by atoms with Gasteiger partial charge in [-0.05, 0) is 18.3 Å². The number of hydrogen-bond acceptors (Lipinski definition) is 3. The second-order valence-corrected chi connectivity index (χ2v) is 5.17. The molecule has 0 bridgehead atoms. The second kappa shape index (κ2) is 10.5. The number of amides is 1. The third-order valence-electron chi connectivity index (χ3n) is 2.26. The summed E-state index contributed by atoms with van der Waals surface area (Å²) >= 11 is 0. The third kappa shape index (κ3) is 13.3. The minimum absolute atomic E-state index is 0.0564. The summed E-state index contributed by atoms with van der Waals surface area (Å²) in [7, 11) is 0. The van der Waals surface area contributed by atoms with E-state index in [4.69, 9.17) is 4.74 Å². The molecule has 0 aliphatic carbocycles. The predicted octanol–water partition coefficient (Wildman–Crippen LogP) is 1.41. The van der Waals surface area contributed by atoms with E-state index in [1.165, 1.54) is 0 Å². The van der Waals surface area contributed by atoms with E-state index < -0.39 is 0 Å². The Hall–Kier alpha value is -0.610. The Morgan fingerprint density at radius 2 is 1.82 bits per heavy atom. The zero-order valence-corrected chi connectivity index (χ0v) is 11.7. The number of rotatable bonds is 10. The Labute approximate surface area is 105 Å². The fourth-order valence-corrected chi connectivity index (χ4v) is 1.15. The first-order valence-electron chi connectivity index (χ1n) is 6.57. The molecule has 102 valence electrons. The highest BCUT2D eigenvalue weighted by atomic mass is 16.5. The van der Waals surface area contributed by atoms with Gasteiger partial charge in [0.25, 0.3) is 0 Å². The SMILES string of the molecule is CC(C)CCOCCNCC(=O)NCC(C)C. The number of ether oxygens (including phenoxy) is 1. The number of carbonyl (C=O) groups is 1. The summed E-state index contributed by atoms with van der Waals surface area (Å²) in [4.78, 5) is 11.3. The minimum atomic E-state index is 0.0564. The first-order chi connectivity index (χ1) is 8.02. The van der Waals surface area contributed by atoms with Crippen molar-refractivity contribution in [3.05, 3.63) is 0 Å². The molecule has 0 saturated carbocycles. The van der Waals surface area contributed by atoms with Gasteiger partial charge in [0.2, 0.25) is 5.91 Å². The van der Waals surface area contributed by atoms with Crippen LogP contribution in [0.2, 0.25) is 0 Å². The van der Waals surface area contributed by atoms with Crippen LogP contribution in [0.25, 0.3) is 0 Å². The van der Waals surface area contributed by atoms with E-state index in [0.717, 1.165) is 26.1 Å². The largest absolute Gasteiger partial charge is 0.380 e. The lowest BCUT2D eigenvalue weighted by Gasteiger charge is -2.09. The molecule has 0 saturated heterocycles. The van der Waals surface area contributed by atoms with E-state index >= 15 is 0 Å². The standard InChI is InChI=1S/C13H28N2O2/c1-11(2)5-7-17-8-6-14-10-13(16)15-9-12(3)4/h11-12,14H,5-10H2,1-4H3,(H,15,16). The van der Waals surface area contributed by atoms with Crippen LogP contribution < -0.4 is 10.6 Å². The second-order valence-electron chi connectivity index (χ2n) is 5.17. The van der Waals surface area contributed by atoms with Crippen molar-refractivity contribution in [2.24, 2.45) is 11.8 Å². The molecule has 17 heavy (non-hydrogen) atoms. The van der Waals surface area contributed by atoms with Gasteiger partial charge in [-0.1, -0.05) is 27.7 Å². The Morgan fingerprint density at radius 3 is 2.41 bits per heavy atom. The van der Waals surface area contributed by atoms with Crippen LogP contribution >= 0.6 is 0 Å². The molecule has 0 heterocycles. The summed E-state index contributed by atoms with van der Waals surface area (Å²) in [5, 5.41) is 5.92. The smallest absolute Gasteiger partial charge is 0.233 e. The van der Waals surface area contributed by atoms with Crippen molar-refractivity contribution in [3.63, 3.8) is 0 Å². The molecule has 0 aromatic carbocycles. The average Bonchev–Trinajstić information content (AvgIpc) is 2.24. The molecule has 0 atom stereocenters.